The predicted molar refractivity (Wildman–Crippen MR) is 105 cm³/mol. The molecule has 1 aromatic heterocycles. The Morgan fingerprint density at radius 2 is 1.86 bits per heavy atom. The van der Waals surface area contributed by atoms with Crippen molar-refractivity contribution in [2.75, 3.05) is 26.2 Å². The van der Waals surface area contributed by atoms with Crippen molar-refractivity contribution < 1.29 is 21.7 Å². The van der Waals surface area contributed by atoms with Gasteiger partial charge in [0.15, 0.2) is 6.54 Å². The van der Waals surface area contributed by atoms with E-state index < -0.39 is 0 Å². The van der Waals surface area contributed by atoms with Crippen molar-refractivity contribution in [1.29, 1.82) is 0 Å². The molecule has 2 bridgehead atoms. The zero-order valence-electron chi connectivity index (χ0n) is 15.8. The monoisotopic (exact) mass is 393 g/mol. The van der Waals surface area contributed by atoms with Gasteiger partial charge < -0.3 is 26.8 Å². The number of carbonyl (C=O) groups is 1. The molecule has 1 amide bonds. The van der Waals surface area contributed by atoms with Gasteiger partial charge in [-0.2, -0.15) is 0 Å². The summed E-state index contributed by atoms with van der Waals surface area (Å²) < 4.78 is 0.897. The van der Waals surface area contributed by atoms with Crippen molar-refractivity contribution in [2.24, 2.45) is 0 Å². The van der Waals surface area contributed by atoms with Gasteiger partial charge in [0.05, 0.1) is 12.2 Å². The average molecular weight is 394 g/mol. The first-order chi connectivity index (χ1) is 13.2. The second-order valence-corrected chi connectivity index (χ2v) is 8.63. The van der Waals surface area contributed by atoms with Gasteiger partial charge in [0, 0.05) is 29.4 Å². The number of aromatic amines is 1. The molecule has 2 atom stereocenters. The van der Waals surface area contributed by atoms with Gasteiger partial charge in [0.2, 0.25) is 0 Å². The zero-order chi connectivity index (χ0) is 18.1. The summed E-state index contributed by atoms with van der Waals surface area (Å²) >= 11 is 0. The first-order valence-corrected chi connectivity index (χ1v) is 9.99. The number of quaternary nitrogens is 1. The largest absolute Gasteiger partial charge is 1.00 e. The summed E-state index contributed by atoms with van der Waals surface area (Å²) in [6.45, 7) is 4.57. The van der Waals surface area contributed by atoms with E-state index in [2.05, 4.69) is 64.5 Å². The van der Waals surface area contributed by atoms with Gasteiger partial charge in [0.1, 0.15) is 18.6 Å². The van der Waals surface area contributed by atoms with Gasteiger partial charge in [-0.05, 0) is 18.1 Å². The molecule has 3 aliphatic heterocycles. The minimum Gasteiger partial charge on any atom is -1.00 e. The Hall–Kier alpha value is -2.30. The van der Waals surface area contributed by atoms with Crippen LogP contribution in [0.1, 0.15) is 23.2 Å². The van der Waals surface area contributed by atoms with Crippen LogP contribution in [-0.4, -0.2) is 46.5 Å². The SMILES string of the molecule is O=C1C[N+]2(Cc3ccccc3)CCC3(C2)c2[nH]c4ccccc4c2CCN13.[Cl-]. The van der Waals surface area contributed by atoms with Crippen LogP contribution in [0.4, 0.5) is 0 Å². The van der Waals surface area contributed by atoms with Gasteiger partial charge in [-0.15, -0.1) is 0 Å². The highest BCUT2D eigenvalue weighted by molar-refractivity contribution is 5.87. The van der Waals surface area contributed by atoms with Gasteiger partial charge in [-0.25, -0.2) is 0 Å². The number of nitrogens with zero attached hydrogens (tertiary/aromatic N) is 2. The predicted octanol–water partition coefficient (Wildman–Crippen LogP) is 0.186. The molecule has 0 aliphatic carbocycles. The van der Waals surface area contributed by atoms with Crippen molar-refractivity contribution in [3.8, 4) is 0 Å². The van der Waals surface area contributed by atoms with Crippen LogP contribution in [0, 0.1) is 0 Å². The van der Waals surface area contributed by atoms with Crippen molar-refractivity contribution >= 4 is 16.8 Å². The molecule has 2 unspecified atom stereocenters. The molecule has 5 heteroatoms. The molecule has 3 aromatic rings. The topological polar surface area (TPSA) is 36.1 Å². The Kier molecular flexibility index (Phi) is 3.87. The van der Waals surface area contributed by atoms with Crippen LogP contribution in [0.25, 0.3) is 10.9 Å². The molecule has 4 nitrogen and oxygen atoms in total. The van der Waals surface area contributed by atoms with Crippen molar-refractivity contribution in [3.63, 3.8) is 0 Å². The van der Waals surface area contributed by atoms with Crippen LogP contribution in [0.5, 0.6) is 0 Å². The van der Waals surface area contributed by atoms with Gasteiger partial charge >= 0.3 is 0 Å². The minimum atomic E-state index is -0.142. The van der Waals surface area contributed by atoms with E-state index >= 15 is 0 Å². The lowest BCUT2D eigenvalue weighted by molar-refractivity contribution is -0.927. The van der Waals surface area contributed by atoms with Crippen molar-refractivity contribution in [2.45, 2.75) is 24.9 Å². The first kappa shape index (κ1) is 17.8. The molecule has 6 rings (SSSR count). The Morgan fingerprint density at radius 3 is 2.71 bits per heavy atom. The van der Waals surface area contributed by atoms with Crippen LogP contribution < -0.4 is 12.4 Å². The summed E-state index contributed by atoms with van der Waals surface area (Å²) in [4.78, 5) is 19.1. The molecule has 2 aromatic carbocycles. The number of halogens is 1. The lowest BCUT2D eigenvalue weighted by Gasteiger charge is -2.49. The van der Waals surface area contributed by atoms with Crippen LogP contribution in [-0.2, 0) is 23.3 Å². The highest BCUT2D eigenvalue weighted by Crippen LogP contribution is 2.49. The van der Waals surface area contributed by atoms with Crippen molar-refractivity contribution in [3.05, 3.63) is 71.4 Å². The van der Waals surface area contributed by atoms with E-state index in [-0.39, 0.29) is 17.9 Å². The summed E-state index contributed by atoms with van der Waals surface area (Å²) in [5, 5.41) is 1.34. The highest BCUT2D eigenvalue weighted by Gasteiger charge is 2.62. The molecular formula is C23H24ClN3O. The number of amides is 1. The Bertz CT molecular complexity index is 1060. The lowest BCUT2D eigenvalue weighted by Crippen LogP contribution is -3.00. The van der Waals surface area contributed by atoms with E-state index in [1.807, 2.05) is 0 Å². The fourth-order valence-electron chi connectivity index (χ4n) is 6.02. The zero-order valence-corrected chi connectivity index (χ0v) is 16.6. The fourth-order valence-corrected chi connectivity index (χ4v) is 6.02. The number of carbonyl (C=O) groups excluding carboxylic acids is 1. The number of piperazine rings is 1. The third-order valence-electron chi connectivity index (χ3n) is 7.11. The summed E-state index contributed by atoms with van der Waals surface area (Å²) in [6.07, 6.45) is 2.02. The van der Waals surface area contributed by atoms with Gasteiger partial charge in [0.25, 0.3) is 5.91 Å². The van der Waals surface area contributed by atoms with Gasteiger partial charge in [-0.3, -0.25) is 4.79 Å². The number of hydrogen-bond donors (Lipinski definition) is 1. The molecule has 1 spiro atoms. The van der Waals surface area contributed by atoms with Crippen LogP contribution in [0.3, 0.4) is 0 Å². The first-order valence-electron chi connectivity index (χ1n) is 9.99. The average Bonchev–Trinajstić information content (AvgIpc) is 3.21. The number of fused-ring (bicyclic) bond motifs is 4. The molecule has 28 heavy (non-hydrogen) atoms. The Morgan fingerprint density at radius 1 is 1.07 bits per heavy atom. The number of nitrogens with one attached hydrogen (secondary N) is 1. The summed E-state index contributed by atoms with van der Waals surface area (Å²) in [5.41, 5.74) is 5.16. The second kappa shape index (κ2) is 6.10. The third kappa shape index (κ3) is 2.31. The Labute approximate surface area is 171 Å². The molecule has 0 saturated carbocycles. The number of benzene rings is 2. The summed E-state index contributed by atoms with van der Waals surface area (Å²) in [5.74, 6) is 0.332. The number of H-pyrrole nitrogens is 1. The number of hydrogen-bond acceptors (Lipinski definition) is 1. The van der Waals surface area contributed by atoms with E-state index in [0.29, 0.717) is 12.5 Å². The molecule has 4 heterocycles. The standard InChI is InChI=1S/C23H24N3O.ClH/c27-21-15-26(14-17-6-2-1-3-7-17)13-11-23(16-26)22-19(10-12-25(21)23)18-8-4-5-9-20(18)24-22;/h1-9,24H,10-16H2;1H/q+1;/p-1. The molecule has 3 aliphatic rings. The molecule has 1 N–H and O–H groups in total. The maximum absolute atomic E-state index is 13.2. The number of aromatic nitrogens is 1. The number of para-hydroxylation sites is 1. The number of rotatable bonds is 2. The van der Waals surface area contributed by atoms with Gasteiger partial charge in [-0.1, -0.05) is 48.5 Å². The molecule has 0 radical (unpaired) electrons. The maximum Gasteiger partial charge on any atom is 0.278 e. The smallest absolute Gasteiger partial charge is 0.278 e. The third-order valence-corrected chi connectivity index (χ3v) is 7.11. The van der Waals surface area contributed by atoms with Crippen molar-refractivity contribution in [1.82, 2.24) is 9.88 Å². The maximum atomic E-state index is 13.2. The van der Waals surface area contributed by atoms with E-state index in [1.54, 1.807) is 0 Å². The normalized spacial score (nSPS) is 28.0. The van der Waals surface area contributed by atoms with Crippen LogP contribution >= 0.6 is 0 Å². The highest BCUT2D eigenvalue weighted by atomic mass is 35.5. The summed E-state index contributed by atoms with van der Waals surface area (Å²) in [6, 6.07) is 19.3. The molecule has 2 fully saturated rings. The van der Waals surface area contributed by atoms with Crippen LogP contribution in [0.2, 0.25) is 0 Å². The Balaban J connectivity index is 0.00000171. The molecular weight excluding hydrogens is 370 g/mol. The fraction of sp³-hybridized carbons (Fsp3) is 0.348. The minimum absolute atomic E-state index is 0. The van der Waals surface area contributed by atoms with E-state index in [1.165, 1.54) is 27.7 Å². The lowest BCUT2D eigenvalue weighted by atomic mass is 9.83. The molecule has 144 valence electrons. The quantitative estimate of drug-likeness (QED) is 0.620. The van der Waals surface area contributed by atoms with E-state index in [4.69, 9.17) is 0 Å². The van der Waals surface area contributed by atoms with E-state index in [9.17, 15) is 4.79 Å². The van der Waals surface area contributed by atoms with E-state index in [0.717, 1.165) is 43.5 Å². The molecule has 2 saturated heterocycles. The second-order valence-electron chi connectivity index (χ2n) is 8.63. The van der Waals surface area contributed by atoms with Crippen LogP contribution in [0.15, 0.2) is 54.6 Å². The summed E-state index contributed by atoms with van der Waals surface area (Å²) in [7, 11) is 0.